The average molecular weight is 372 g/mol. The Balaban J connectivity index is 1.96. The molecule has 0 fully saturated rings. The Kier molecular flexibility index (Phi) is 4.24. The molecule has 28 heavy (non-hydrogen) atoms. The summed E-state index contributed by atoms with van der Waals surface area (Å²) in [6.07, 6.45) is -0.309. The van der Waals surface area contributed by atoms with Crippen molar-refractivity contribution in [3.8, 4) is 0 Å². The summed E-state index contributed by atoms with van der Waals surface area (Å²) in [5, 5.41) is 12.2. The first-order valence-electron chi connectivity index (χ1n) is 8.77. The van der Waals surface area contributed by atoms with Crippen LogP contribution in [0.15, 0.2) is 84.9 Å². The highest BCUT2D eigenvalue weighted by Crippen LogP contribution is 2.40. The molecule has 0 unspecified atom stereocenters. The maximum atomic E-state index is 13.5. The van der Waals surface area contributed by atoms with Gasteiger partial charge in [-0.15, -0.1) is 0 Å². The third-order valence-electron chi connectivity index (χ3n) is 4.95. The molecule has 0 N–H and O–H groups in total. The van der Waals surface area contributed by atoms with E-state index >= 15 is 0 Å². The molecule has 3 aromatic rings. The summed E-state index contributed by atoms with van der Waals surface area (Å²) in [7, 11) is 0. The first-order valence-corrected chi connectivity index (χ1v) is 8.77. The van der Waals surface area contributed by atoms with E-state index < -0.39 is 22.2 Å². The third-order valence-corrected chi connectivity index (χ3v) is 4.95. The van der Waals surface area contributed by atoms with E-state index in [2.05, 4.69) is 0 Å². The number of nitro groups is 1. The molecule has 138 valence electrons. The quantitative estimate of drug-likeness (QED) is 0.396. The molecule has 1 aliphatic heterocycles. The van der Waals surface area contributed by atoms with Gasteiger partial charge in [0.15, 0.2) is 0 Å². The fourth-order valence-corrected chi connectivity index (χ4v) is 3.58. The number of carbonyl (C=O) groups is 2. The molecule has 0 aliphatic carbocycles. The lowest BCUT2D eigenvalue weighted by Crippen LogP contribution is -2.62. The van der Waals surface area contributed by atoms with Gasteiger partial charge in [-0.25, -0.2) is 0 Å². The molecular formula is C22H16N2O4. The summed E-state index contributed by atoms with van der Waals surface area (Å²) in [5.41, 5.74) is -0.862. The summed E-state index contributed by atoms with van der Waals surface area (Å²) in [6, 6.07) is 23.8. The van der Waals surface area contributed by atoms with Gasteiger partial charge in [-0.05, 0) is 29.8 Å². The molecule has 0 saturated heterocycles. The maximum Gasteiger partial charge on any atom is 0.364 e. The average Bonchev–Trinajstić information content (AvgIpc) is 2.72. The first kappa shape index (κ1) is 17.6. The predicted octanol–water partition coefficient (Wildman–Crippen LogP) is 3.81. The van der Waals surface area contributed by atoms with Crippen LogP contribution in [0.25, 0.3) is 0 Å². The molecule has 1 aliphatic rings. The Morgan fingerprint density at radius 3 is 2.04 bits per heavy atom. The van der Waals surface area contributed by atoms with Crippen molar-refractivity contribution in [2.24, 2.45) is 0 Å². The van der Waals surface area contributed by atoms with Crippen molar-refractivity contribution in [1.82, 2.24) is 0 Å². The number of amides is 1. The topological polar surface area (TPSA) is 80.5 Å². The number of Topliss-reactive ketones (excluding diaryl/α,β-unsaturated/α-hetero) is 1. The Morgan fingerprint density at radius 2 is 1.39 bits per heavy atom. The lowest BCUT2D eigenvalue weighted by atomic mass is 9.79. The van der Waals surface area contributed by atoms with E-state index in [-0.39, 0.29) is 12.0 Å². The molecule has 3 aromatic carbocycles. The highest BCUT2D eigenvalue weighted by Gasteiger charge is 2.63. The minimum Gasteiger partial charge on any atom is -0.285 e. The summed E-state index contributed by atoms with van der Waals surface area (Å²) < 4.78 is 0. The largest absolute Gasteiger partial charge is 0.364 e. The normalized spacial score (nSPS) is 18.6. The number of para-hydroxylation sites is 2. The van der Waals surface area contributed by atoms with Gasteiger partial charge < -0.3 is 0 Å². The van der Waals surface area contributed by atoms with Crippen LogP contribution in [0.1, 0.15) is 15.9 Å². The molecule has 1 amide bonds. The number of hydrogen-bond donors (Lipinski definition) is 0. The van der Waals surface area contributed by atoms with E-state index in [1.807, 2.05) is 0 Å². The van der Waals surface area contributed by atoms with Gasteiger partial charge in [0, 0.05) is 10.6 Å². The minimum atomic E-state index is -2.41. The first-order chi connectivity index (χ1) is 13.6. The molecule has 1 atom stereocenters. The summed E-state index contributed by atoms with van der Waals surface area (Å²) in [4.78, 5) is 39.6. The van der Waals surface area contributed by atoms with Crippen LogP contribution in [0.5, 0.6) is 0 Å². The Labute approximate surface area is 161 Å². The summed E-state index contributed by atoms with van der Waals surface area (Å²) >= 11 is 0. The van der Waals surface area contributed by atoms with Crippen LogP contribution in [0, 0.1) is 10.1 Å². The van der Waals surface area contributed by atoms with Crippen molar-refractivity contribution < 1.29 is 14.5 Å². The van der Waals surface area contributed by atoms with Gasteiger partial charge >= 0.3 is 11.4 Å². The highest BCUT2D eigenvalue weighted by molar-refractivity contribution is 6.29. The molecule has 0 spiro atoms. The van der Waals surface area contributed by atoms with Crippen LogP contribution in [-0.4, -0.2) is 22.2 Å². The molecule has 6 nitrogen and oxygen atoms in total. The van der Waals surface area contributed by atoms with E-state index in [0.29, 0.717) is 16.9 Å². The zero-order valence-corrected chi connectivity index (χ0v) is 14.8. The van der Waals surface area contributed by atoms with Crippen molar-refractivity contribution in [3.05, 3.63) is 106 Å². The Hall–Kier alpha value is -3.80. The van der Waals surface area contributed by atoms with Crippen molar-refractivity contribution in [3.63, 3.8) is 0 Å². The Morgan fingerprint density at radius 1 is 0.821 bits per heavy atom. The van der Waals surface area contributed by atoms with Crippen molar-refractivity contribution in [1.29, 1.82) is 0 Å². The number of hydrogen-bond acceptors (Lipinski definition) is 4. The van der Waals surface area contributed by atoms with Crippen molar-refractivity contribution in [2.45, 2.75) is 12.0 Å². The number of ketones is 1. The molecule has 0 saturated carbocycles. The molecule has 4 rings (SSSR count). The predicted molar refractivity (Wildman–Crippen MR) is 104 cm³/mol. The fourth-order valence-electron chi connectivity index (χ4n) is 3.58. The molecule has 0 bridgehead atoms. The van der Waals surface area contributed by atoms with Crippen LogP contribution in [0.2, 0.25) is 0 Å². The van der Waals surface area contributed by atoms with Gasteiger partial charge in [0.2, 0.25) is 0 Å². The van der Waals surface area contributed by atoms with Gasteiger partial charge in [-0.2, -0.15) is 0 Å². The highest BCUT2D eigenvalue weighted by atomic mass is 16.6. The zero-order chi connectivity index (χ0) is 19.7. The van der Waals surface area contributed by atoms with Gasteiger partial charge in [0.25, 0.3) is 5.78 Å². The monoisotopic (exact) mass is 372 g/mol. The number of nitrogens with zero attached hydrogens (tertiary/aromatic N) is 2. The fraction of sp³-hybridized carbons (Fsp3) is 0.0909. The zero-order valence-electron chi connectivity index (χ0n) is 14.8. The van der Waals surface area contributed by atoms with Crippen LogP contribution in [0.3, 0.4) is 0 Å². The second kappa shape index (κ2) is 6.74. The number of carbonyl (C=O) groups excluding carboxylic acids is 2. The lowest BCUT2D eigenvalue weighted by molar-refractivity contribution is -0.532. The second-order valence-electron chi connectivity index (χ2n) is 6.60. The summed E-state index contributed by atoms with van der Waals surface area (Å²) in [6.45, 7) is 0. The molecular weight excluding hydrogens is 356 g/mol. The number of fused-ring (bicyclic) bond motifs is 1. The molecule has 0 radical (unpaired) electrons. The van der Waals surface area contributed by atoms with E-state index in [1.165, 1.54) is 11.0 Å². The van der Waals surface area contributed by atoms with Crippen LogP contribution < -0.4 is 4.90 Å². The Bertz CT molecular complexity index is 1070. The molecule has 1 heterocycles. The minimum absolute atomic E-state index is 0.165. The second-order valence-corrected chi connectivity index (χ2v) is 6.60. The van der Waals surface area contributed by atoms with Crippen LogP contribution in [0.4, 0.5) is 11.4 Å². The van der Waals surface area contributed by atoms with Crippen LogP contribution in [-0.2, 0) is 11.2 Å². The number of benzene rings is 3. The number of rotatable bonds is 4. The van der Waals surface area contributed by atoms with Gasteiger partial charge in [0.1, 0.15) is 0 Å². The van der Waals surface area contributed by atoms with Gasteiger partial charge in [-0.3, -0.25) is 24.6 Å². The smallest absolute Gasteiger partial charge is 0.285 e. The van der Waals surface area contributed by atoms with Gasteiger partial charge in [0.05, 0.1) is 17.7 Å². The SMILES string of the molecule is O=C1c2ccccc2N(c2ccccc2)C(=O)[C@@]1(Cc1ccccc1)[N+](=O)[O-]. The maximum absolute atomic E-state index is 13.5. The van der Waals surface area contributed by atoms with Crippen molar-refractivity contribution >= 4 is 23.1 Å². The standard InChI is InChI=1S/C22H16N2O4/c25-20-18-13-7-8-14-19(18)23(17-11-5-2-6-12-17)21(26)22(20,24(27)28)15-16-9-3-1-4-10-16/h1-14H,15H2/t22-/m0/s1. The summed E-state index contributed by atoms with van der Waals surface area (Å²) in [5.74, 6) is -1.63. The molecule has 0 aromatic heterocycles. The van der Waals surface area contributed by atoms with E-state index in [9.17, 15) is 19.7 Å². The van der Waals surface area contributed by atoms with Crippen molar-refractivity contribution in [2.75, 3.05) is 4.90 Å². The van der Waals surface area contributed by atoms with E-state index in [0.717, 1.165) is 0 Å². The number of anilines is 2. The lowest BCUT2D eigenvalue weighted by Gasteiger charge is -2.36. The van der Waals surface area contributed by atoms with E-state index in [1.54, 1.807) is 78.9 Å². The van der Waals surface area contributed by atoms with Gasteiger partial charge in [-0.1, -0.05) is 60.7 Å². The van der Waals surface area contributed by atoms with Crippen LogP contribution >= 0.6 is 0 Å². The molecule has 6 heteroatoms. The third kappa shape index (κ3) is 2.58. The van der Waals surface area contributed by atoms with E-state index in [4.69, 9.17) is 0 Å².